The number of aromatic nitrogens is 2. The van der Waals surface area contributed by atoms with Crippen molar-refractivity contribution < 1.29 is 9.47 Å². The summed E-state index contributed by atoms with van der Waals surface area (Å²) in [6, 6.07) is 10.3. The van der Waals surface area contributed by atoms with Crippen LogP contribution in [0.3, 0.4) is 0 Å². The molecule has 1 aliphatic rings. The molecule has 0 unspecified atom stereocenters. The van der Waals surface area contributed by atoms with Gasteiger partial charge in [-0.2, -0.15) is 0 Å². The van der Waals surface area contributed by atoms with Crippen molar-refractivity contribution in [2.75, 3.05) is 33.4 Å². The van der Waals surface area contributed by atoms with Crippen LogP contribution in [0.1, 0.15) is 11.3 Å². The molecule has 3 rings (SSSR count). The van der Waals surface area contributed by atoms with Crippen molar-refractivity contribution in [2.45, 2.75) is 19.7 Å². The Kier molecular flexibility index (Phi) is 5.80. The van der Waals surface area contributed by atoms with Gasteiger partial charge in [-0.3, -0.25) is 4.90 Å². The van der Waals surface area contributed by atoms with Gasteiger partial charge in [0.05, 0.1) is 31.8 Å². The van der Waals surface area contributed by atoms with Gasteiger partial charge in [0, 0.05) is 45.4 Å². The molecule has 0 saturated heterocycles. The predicted molar refractivity (Wildman–Crippen MR) is 89.0 cm³/mol. The van der Waals surface area contributed by atoms with E-state index in [4.69, 9.17) is 9.47 Å². The maximum Gasteiger partial charge on any atom is 0.0948 e. The number of nitrogens with zero attached hydrogens (tertiary/aromatic N) is 3. The molecule has 0 aliphatic carbocycles. The summed E-state index contributed by atoms with van der Waals surface area (Å²) < 4.78 is 13.4. The summed E-state index contributed by atoms with van der Waals surface area (Å²) in [6.07, 6.45) is 3.89. The van der Waals surface area contributed by atoms with Gasteiger partial charge in [0.1, 0.15) is 0 Å². The number of rotatable bonds is 7. The number of hydrogen-bond acceptors (Lipinski definition) is 4. The van der Waals surface area contributed by atoms with Gasteiger partial charge in [0.15, 0.2) is 0 Å². The van der Waals surface area contributed by atoms with Crippen LogP contribution in [-0.2, 0) is 29.2 Å². The number of methoxy groups -OCH3 is 1. The van der Waals surface area contributed by atoms with Crippen LogP contribution < -0.4 is 0 Å². The summed E-state index contributed by atoms with van der Waals surface area (Å²) in [6.45, 7) is 6.05. The van der Waals surface area contributed by atoms with Crippen molar-refractivity contribution in [2.24, 2.45) is 5.92 Å². The summed E-state index contributed by atoms with van der Waals surface area (Å²) in [5, 5.41) is 0. The minimum atomic E-state index is 0.490. The van der Waals surface area contributed by atoms with E-state index in [2.05, 4.69) is 26.6 Å². The minimum Gasteiger partial charge on any atom is -0.384 e. The van der Waals surface area contributed by atoms with Crippen LogP contribution in [0.5, 0.6) is 0 Å². The van der Waals surface area contributed by atoms with Gasteiger partial charge in [0.25, 0.3) is 0 Å². The minimum absolute atomic E-state index is 0.490. The Morgan fingerprint density at radius 2 is 2.09 bits per heavy atom. The number of hydrogen-bond donors (Lipinski definition) is 0. The van der Waals surface area contributed by atoms with Gasteiger partial charge in [0.2, 0.25) is 0 Å². The third kappa shape index (κ3) is 4.64. The summed E-state index contributed by atoms with van der Waals surface area (Å²) in [4.78, 5) is 6.71. The first kappa shape index (κ1) is 16.2. The van der Waals surface area contributed by atoms with Crippen LogP contribution in [0, 0.1) is 5.92 Å². The Morgan fingerprint density at radius 3 is 2.91 bits per heavy atom. The highest BCUT2D eigenvalue weighted by atomic mass is 16.5. The molecule has 0 spiro atoms. The average Bonchev–Trinajstić information content (AvgIpc) is 2.92. The van der Waals surface area contributed by atoms with Crippen molar-refractivity contribution in [1.82, 2.24) is 14.5 Å². The second-order valence-corrected chi connectivity index (χ2v) is 6.13. The maximum atomic E-state index is 5.83. The largest absolute Gasteiger partial charge is 0.384 e. The standard InChI is InChI=1S/C18H25N3O2/c1-22-13-17-10-20(12-18-9-19-15-21(18)11-17)7-8-23-14-16-5-3-2-4-6-16/h2-6,9,15,17H,7-8,10-14H2,1H3/t17-/m0/s1. The molecule has 5 nitrogen and oxygen atoms in total. The van der Waals surface area contributed by atoms with E-state index in [9.17, 15) is 0 Å². The van der Waals surface area contributed by atoms with Crippen molar-refractivity contribution >= 4 is 0 Å². The average molecular weight is 315 g/mol. The first-order valence-electron chi connectivity index (χ1n) is 8.17. The van der Waals surface area contributed by atoms with Gasteiger partial charge in [-0.1, -0.05) is 30.3 Å². The van der Waals surface area contributed by atoms with E-state index in [1.807, 2.05) is 30.7 Å². The van der Waals surface area contributed by atoms with Crippen LogP contribution in [0.25, 0.3) is 0 Å². The lowest BCUT2D eigenvalue weighted by molar-refractivity contribution is 0.0737. The van der Waals surface area contributed by atoms with Gasteiger partial charge in [-0.25, -0.2) is 4.98 Å². The topological polar surface area (TPSA) is 39.5 Å². The van der Waals surface area contributed by atoms with Gasteiger partial charge < -0.3 is 14.0 Å². The van der Waals surface area contributed by atoms with Crippen LogP contribution in [0.2, 0.25) is 0 Å². The summed E-state index contributed by atoms with van der Waals surface area (Å²) in [5.74, 6) is 0.490. The predicted octanol–water partition coefficient (Wildman–Crippen LogP) is 2.18. The highest BCUT2D eigenvalue weighted by molar-refractivity contribution is 5.13. The fourth-order valence-electron chi connectivity index (χ4n) is 3.11. The summed E-state index contributed by atoms with van der Waals surface area (Å²) >= 11 is 0. The summed E-state index contributed by atoms with van der Waals surface area (Å²) in [5.41, 5.74) is 2.49. The SMILES string of the molecule is COC[C@H]1CN(CCOCc2ccccc2)Cc2cncn2C1. The zero-order chi connectivity index (χ0) is 15.9. The van der Waals surface area contributed by atoms with E-state index in [1.54, 1.807) is 7.11 Å². The molecule has 124 valence electrons. The molecule has 23 heavy (non-hydrogen) atoms. The number of imidazole rings is 1. The van der Waals surface area contributed by atoms with Crippen LogP contribution in [-0.4, -0.2) is 47.9 Å². The second kappa shape index (κ2) is 8.24. The van der Waals surface area contributed by atoms with Crippen molar-refractivity contribution in [3.8, 4) is 0 Å². The number of benzene rings is 1. The van der Waals surface area contributed by atoms with E-state index in [0.717, 1.165) is 39.4 Å². The Balaban J connectivity index is 1.50. The number of fused-ring (bicyclic) bond motifs is 1. The van der Waals surface area contributed by atoms with E-state index in [0.29, 0.717) is 12.5 Å². The second-order valence-electron chi connectivity index (χ2n) is 6.13. The molecule has 2 heterocycles. The monoisotopic (exact) mass is 315 g/mol. The molecule has 0 radical (unpaired) electrons. The smallest absolute Gasteiger partial charge is 0.0948 e. The van der Waals surface area contributed by atoms with Crippen LogP contribution in [0.15, 0.2) is 42.9 Å². The fourth-order valence-corrected chi connectivity index (χ4v) is 3.11. The van der Waals surface area contributed by atoms with Crippen molar-refractivity contribution in [3.63, 3.8) is 0 Å². The van der Waals surface area contributed by atoms with Gasteiger partial charge in [-0.05, 0) is 5.56 Å². The highest BCUT2D eigenvalue weighted by Gasteiger charge is 2.21. The molecular formula is C18H25N3O2. The fraction of sp³-hybridized carbons (Fsp3) is 0.500. The van der Waals surface area contributed by atoms with E-state index in [1.165, 1.54) is 11.3 Å². The molecule has 0 N–H and O–H groups in total. The van der Waals surface area contributed by atoms with Crippen molar-refractivity contribution in [1.29, 1.82) is 0 Å². The summed E-state index contributed by atoms with van der Waals surface area (Å²) in [7, 11) is 1.77. The quantitative estimate of drug-likeness (QED) is 0.734. The molecule has 0 fully saturated rings. The zero-order valence-electron chi connectivity index (χ0n) is 13.7. The molecule has 1 aromatic carbocycles. The molecule has 0 amide bonds. The van der Waals surface area contributed by atoms with Crippen molar-refractivity contribution in [3.05, 3.63) is 54.1 Å². The van der Waals surface area contributed by atoms with Gasteiger partial charge in [-0.15, -0.1) is 0 Å². The molecule has 2 aromatic rings. The molecule has 1 aliphatic heterocycles. The van der Waals surface area contributed by atoms with E-state index in [-0.39, 0.29) is 0 Å². The molecule has 0 saturated carbocycles. The Labute approximate surface area is 137 Å². The van der Waals surface area contributed by atoms with E-state index < -0.39 is 0 Å². The molecule has 0 bridgehead atoms. The molecule has 5 heteroatoms. The van der Waals surface area contributed by atoms with Gasteiger partial charge >= 0.3 is 0 Å². The first-order valence-corrected chi connectivity index (χ1v) is 8.17. The third-order valence-electron chi connectivity index (χ3n) is 4.22. The molecular weight excluding hydrogens is 290 g/mol. The lowest BCUT2D eigenvalue weighted by Gasteiger charge is -2.23. The highest BCUT2D eigenvalue weighted by Crippen LogP contribution is 2.16. The third-order valence-corrected chi connectivity index (χ3v) is 4.22. The Morgan fingerprint density at radius 1 is 1.22 bits per heavy atom. The lowest BCUT2D eigenvalue weighted by Crippen LogP contribution is -2.32. The van der Waals surface area contributed by atoms with Crippen LogP contribution >= 0.6 is 0 Å². The molecule has 1 atom stereocenters. The zero-order valence-corrected chi connectivity index (χ0v) is 13.7. The number of ether oxygens (including phenoxy) is 2. The Hall–Kier alpha value is -1.69. The maximum absolute atomic E-state index is 5.83. The van der Waals surface area contributed by atoms with E-state index >= 15 is 0 Å². The first-order chi connectivity index (χ1) is 11.3. The Bertz CT molecular complexity index is 585. The van der Waals surface area contributed by atoms with Crippen LogP contribution in [0.4, 0.5) is 0 Å². The molecule has 1 aromatic heterocycles. The normalized spacial score (nSPS) is 18.6. The lowest BCUT2D eigenvalue weighted by atomic mass is 10.1.